The van der Waals surface area contributed by atoms with E-state index in [1.54, 1.807) is 24.3 Å². The van der Waals surface area contributed by atoms with Crippen LogP contribution in [-0.2, 0) is 26.2 Å². The average molecular weight is 397 g/mol. The van der Waals surface area contributed by atoms with Crippen LogP contribution >= 0.6 is 11.8 Å². The number of ether oxygens (including phenoxy) is 1. The summed E-state index contributed by atoms with van der Waals surface area (Å²) in [5.41, 5.74) is 0.232. The van der Waals surface area contributed by atoms with Gasteiger partial charge in [0.25, 0.3) is 0 Å². The van der Waals surface area contributed by atoms with Crippen LogP contribution < -0.4 is 4.72 Å². The van der Waals surface area contributed by atoms with Crippen molar-refractivity contribution in [1.29, 1.82) is 0 Å². The van der Waals surface area contributed by atoms with Crippen LogP contribution in [0.15, 0.2) is 59.5 Å². The molecule has 8 heteroatoms. The van der Waals surface area contributed by atoms with E-state index in [1.165, 1.54) is 42.1 Å². The zero-order valence-electron chi connectivity index (χ0n) is 14.2. The van der Waals surface area contributed by atoms with E-state index in [2.05, 4.69) is 4.72 Å². The topological polar surface area (TPSA) is 72.5 Å². The minimum absolute atomic E-state index is 0.0658. The van der Waals surface area contributed by atoms with Crippen molar-refractivity contribution in [3.05, 3.63) is 66.0 Å². The Hall–Kier alpha value is -1.90. The van der Waals surface area contributed by atoms with Gasteiger partial charge in [-0.15, -0.1) is 0 Å². The number of carbonyl (C=O) groups excluding carboxylic acids is 1. The highest BCUT2D eigenvalue weighted by molar-refractivity contribution is 7.98. The molecule has 0 saturated heterocycles. The van der Waals surface area contributed by atoms with Crippen molar-refractivity contribution < 1.29 is 22.3 Å². The molecule has 0 heterocycles. The van der Waals surface area contributed by atoms with Gasteiger partial charge in [-0.1, -0.05) is 36.4 Å². The molecule has 0 spiro atoms. The van der Waals surface area contributed by atoms with Crippen LogP contribution in [0, 0.1) is 5.82 Å². The van der Waals surface area contributed by atoms with Crippen LogP contribution in [0.1, 0.15) is 12.0 Å². The second kappa shape index (κ2) is 9.70. The first-order valence-corrected chi connectivity index (χ1v) is 10.8. The minimum Gasteiger partial charge on any atom is -0.460 e. The number of rotatable bonds is 9. The second-order valence-electron chi connectivity index (χ2n) is 5.47. The molecule has 0 amide bonds. The molecule has 0 fully saturated rings. The maximum atomic E-state index is 13.6. The summed E-state index contributed by atoms with van der Waals surface area (Å²) in [5, 5.41) is 0. The predicted molar refractivity (Wildman–Crippen MR) is 99.7 cm³/mol. The molecule has 26 heavy (non-hydrogen) atoms. The minimum atomic E-state index is -3.86. The van der Waals surface area contributed by atoms with Gasteiger partial charge in [0.15, 0.2) is 0 Å². The molecule has 2 rings (SSSR count). The summed E-state index contributed by atoms with van der Waals surface area (Å²) in [5.74, 6) is -0.649. The van der Waals surface area contributed by atoms with Gasteiger partial charge >= 0.3 is 5.97 Å². The van der Waals surface area contributed by atoms with E-state index in [0.29, 0.717) is 5.75 Å². The van der Waals surface area contributed by atoms with E-state index in [1.807, 2.05) is 6.26 Å². The van der Waals surface area contributed by atoms with Crippen LogP contribution in [-0.4, -0.2) is 32.4 Å². The zero-order chi connectivity index (χ0) is 19.0. The van der Waals surface area contributed by atoms with Gasteiger partial charge in [0, 0.05) is 5.56 Å². The molecule has 140 valence electrons. The molecule has 0 aliphatic heterocycles. The molecular weight excluding hydrogens is 377 g/mol. The standard InChI is InChI=1S/C18H20FNO4S2/c1-25-12-11-17(20-26(22,23)15-8-3-2-4-9-15)18(21)24-13-14-7-5-6-10-16(14)19/h2-10,17,20H,11-13H2,1H3/t17-/m1/s1. The molecule has 1 atom stereocenters. The highest BCUT2D eigenvalue weighted by Gasteiger charge is 2.26. The van der Waals surface area contributed by atoms with Gasteiger partial charge < -0.3 is 4.74 Å². The Morgan fingerprint density at radius 2 is 1.81 bits per heavy atom. The molecular formula is C18H20FNO4S2. The smallest absolute Gasteiger partial charge is 0.324 e. The number of sulfonamides is 1. The molecule has 0 aromatic heterocycles. The number of thioether (sulfide) groups is 1. The molecule has 2 aromatic rings. The number of halogens is 1. The summed E-state index contributed by atoms with van der Waals surface area (Å²) >= 11 is 1.48. The summed E-state index contributed by atoms with van der Waals surface area (Å²) in [6, 6.07) is 12.7. The summed E-state index contributed by atoms with van der Waals surface area (Å²) in [7, 11) is -3.86. The fourth-order valence-electron chi connectivity index (χ4n) is 2.18. The van der Waals surface area contributed by atoms with Crippen molar-refractivity contribution >= 4 is 27.8 Å². The zero-order valence-corrected chi connectivity index (χ0v) is 15.9. The third kappa shape index (κ3) is 5.82. The summed E-state index contributed by atoms with van der Waals surface area (Å²) < 4.78 is 46.1. The summed E-state index contributed by atoms with van der Waals surface area (Å²) in [6.45, 7) is -0.256. The van der Waals surface area contributed by atoms with Crippen LogP contribution in [0.3, 0.4) is 0 Å². The van der Waals surface area contributed by atoms with Gasteiger partial charge in [-0.25, -0.2) is 12.8 Å². The van der Waals surface area contributed by atoms with Gasteiger partial charge in [-0.3, -0.25) is 4.79 Å². The Balaban J connectivity index is 2.08. The fraction of sp³-hybridized carbons (Fsp3) is 0.278. The molecule has 0 radical (unpaired) electrons. The van der Waals surface area contributed by atoms with Crippen molar-refractivity contribution in [2.75, 3.05) is 12.0 Å². The summed E-state index contributed by atoms with van der Waals surface area (Å²) in [4.78, 5) is 12.4. The van der Waals surface area contributed by atoms with Gasteiger partial charge in [-0.05, 0) is 36.6 Å². The molecule has 1 N–H and O–H groups in total. The van der Waals surface area contributed by atoms with E-state index in [0.717, 1.165) is 0 Å². The van der Waals surface area contributed by atoms with Crippen LogP contribution in [0.4, 0.5) is 4.39 Å². The molecule has 0 unspecified atom stereocenters. The number of esters is 1. The lowest BCUT2D eigenvalue weighted by Crippen LogP contribution is -2.42. The highest BCUT2D eigenvalue weighted by atomic mass is 32.2. The fourth-order valence-corrected chi connectivity index (χ4v) is 3.89. The number of carbonyl (C=O) groups is 1. The van der Waals surface area contributed by atoms with Crippen molar-refractivity contribution in [3.63, 3.8) is 0 Å². The van der Waals surface area contributed by atoms with Crippen LogP contribution in [0.5, 0.6) is 0 Å². The van der Waals surface area contributed by atoms with Crippen molar-refractivity contribution in [3.8, 4) is 0 Å². The van der Waals surface area contributed by atoms with E-state index in [-0.39, 0.29) is 23.5 Å². The first kappa shape index (κ1) is 20.4. The lowest BCUT2D eigenvalue weighted by molar-refractivity contribution is -0.147. The van der Waals surface area contributed by atoms with Crippen LogP contribution in [0.2, 0.25) is 0 Å². The Labute approximate surface area is 157 Å². The van der Waals surface area contributed by atoms with E-state index in [9.17, 15) is 17.6 Å². The van der Waals surface area contributed by atoms with E-state index in [4.69, 9.17) is 4.74 Å². The van der Waals surface area contributed by atoms with Gasteiger partial charge in [0.05, 0.1) is 4.90 Å². The SMILES string of the molecule is CSCC[C@@H](NS(=O)(=O)c1ccccc1)C(=O)OCc1ccccc1F. The molecule has 2 aromatic carbocycles. The van der Waals surface area contributed by atoms with Crippen molar-refractivity contribution in [1.82, 2.24) is 4.72 Å². The lowest BCUT2D eigenvalue weighted by Gasteiger charge is -2.17. The monoisotopic (exact) mass is 397 g/mol. The Morgan fingerprint density at radius 1 is 1.15 bits per heavy atom. The second-order valence-corrected chi connectivity index (χ2v) is 8.17. The Kier molecular flexibility index (Phi) is 7.62. The first-order valence-electron chi connectivity index (χ1n) is 7.90. The quantitative estimate of drug-likeness (QED) is 0.659. The normalized spacial score (nSPS) is 12.5. The molecule has 0 aliphatic rings. The highest BCUT2D eigenvalue weighted by Crippen LogP contribution is 2.13. The van der Waals surface area contributed by atoms with Crippen LogP contribution in [0.25, 0.3) is 0 Å². The number of benzene rings is 2. The Morgan fingerprint density at radius 3 is 2.46 bits per heavy atom. The lowest BCUT2D eigenvalue weighted by atomic mass is 10.2. The molecule has 0 bridgehead atoms. The van der Waals surface area contributed by atoms with Crippen molar-refractivity contribution in [2.45, 2.75) is 24.0 Å². The third-order valence-electron chi connectivity index (χ3n) is 3.57. The number of hydrogen-bond donors (Lipinski definition) is 1. The van der Waals surface area contributed by atoms with Crippen molar-refractivity contribution in [2.24, 2.45) is 0 Å². The Bertz CT molecular complexity index is 828. The molecule has 0 saturated carbocycles. The number of nitrogens with one attached hydrogen (secondary N) is 1. The van der Waals surface area contributed by atoms with E-state index < -0.39 is 27.9 Å². The largest absolute Gasteiger partial charge is 0.460 e. The summed E-state index contributed by atoms with van der Waals surface area (Å²) in [6.07, 6.45) is 2.12. The number of hydrogen-bond acceptors (Lipinski definition) is 5. The average Bonchev–Trinajstić information content (AvgIpc) is 2.65. The predicted octanol–water partition coefficient (Wildman–Crippen LogP) is 2.97. The molecule has 5 nitrogen and oxygen atoms in total. The maximum Gasteiger partial charge on any atom is 0.324 e. The third-order valence-corrected chi connectivity index (χ3v) is 5.71. The van der Waals surface area contributed by atoms with E-state index >= 15 is 0 Å². The molecule has 0 aliphatic carbocycles. The van der Waals surface area contributed by atoms with Gasteiger partial charge in [0.2, 0.25) is 10.0 Å². The first-order chi connectivity index (χ1) is 12.4. The maximum absolute atomic E-state index is 13.6. The van der Waals surface area contributed by atoms with Gasteiger partial charge in [-0.2, -0.15) is 16.5 Å². The van der Waals surface area contributed by atoms with Gasteiger partial charge in [0.1, 0.15) is 18.5 Å².